The van der Waals surface area contributed by atoms with Gasteiger partial charge in [0.1, 0.15) is 5.82 Å². The van der Waals surface area contributed by atoms with Gasteiger partial charge in [0.15, 0.2) is 8.29 Å². The van der Waals surface area contributed by atoms with E-state index >= 15 is 0 Å². The molecule has 1 aromatic heterocycles. The van der Waals surface area contributed by atoms with Crippen LogP contribution in [0.4, 0.5) is 4.39 Å². The molecule has 0 aliphatic heterocycles. The number of nitrogens with one attached hydrogen (secondary N) is 1. The predicted molar refractivity (Wildman–Crippen MR) is 131 cm³/mol. The van der Waals surface area contributed by atoms with Crippen molar-refractivity contribution >= 4 is 41.2 Å². The Balaban J connectivity index is 1.36. The van der Waals surface area contributed by atoms with Crippen LogP contribution in [0, 0.1) is 9.77 Å². The van der Waals surface area contributed by atoms with Gasteiger partial charge in [0, 0.05) is 17.9 Å². The van der Waals surface area contributed by atoms with Gasteiger partial charge in [0.05, 0.1) is 5.69 Å². The van der Waals surface area contributed by atoms with Crippen LogP contribution in [0.5, 0.6) is 0 Å². The van der Waals surface area contributed by atoms with Crippen molar-refractivity contribution in [2.45, 2.75) is 16.5 Å². The molecule has 4 rings (SSSR count). The highest BCUT2D eigenvalue weighted by molar-refractivity contribution is 8.00. The first kappa shape index (κ1) is 22.4. The van der Waals surface area contributed by atoms with Crippen molar-refractivity contribution in [3.63, 3.8) is 0 Å². The number of amides is 1. The molecule has 32 heavy (non-hydrogen) atoms. The number of aromatic nitrogens is 2. The second-order valence-electron chi connectivity index (χ2n) is 6.96. The average Bonchev–Trinajstić information content (AvgIpc) is 3.20. The third-order valence-corrected chi connectivity index (χ3v) is 7.18. The maximum atomic E-state index is 13.7. The minimum Gasteiger partial charge on any atom is -0.352 e. The predicted octanol–water partition coefficient (Wildman–Crippen LogP) is 6.07. The second-order valence-corrected chi connectivity index (χ2v) is 9.81. The van der Waals surface area contributed by atoms with Gasteiger partial charge < -0.3 is 5.32 Å². The molecule has 1 heterocycles. The Morgan fingerprint density at radius 2 is 1.75 bits per heavy atom. The van der Waals surface area contributed by atoms with Gasteiger partial charge in [-0.25, -0.2) is 9.07 Å². The fourth-order valence-electron chi connectivity index (χ4n) is 3.07. The maximum Gasteiger partial charge on any atom is 0.251 e. The number of hydrogen-bond acceptors (Lipinski definition) is 5. The standard InChI is InChI=1S/C24H20FN3OS3/c25-21-9-5-4-8-18(21)14-15-26-22(29)19-10-12-20(13-11-19)28-24(30)32-23(27-28)31-16-17-6-2-1-3-7-17/h1-13H,14-16H2,(H,26,29). The van der Waals surface area contributed by atoms with E-state index in [-0.39, 0.29) is 11.7 Å². The molecule has 0 saturated heterocycles. The molecule has 0 bridgehead atoms. The number of carbonyl (C=O) groups is 1. The quantitative estimate of drug-likeness (QED) is 0.245. The Morgan fingerprint density at radius 1 is 1.03 bits per heavy atom. The van der Waals surface area contributed by atoms with E-state index in [0.29, 0.717) is 28.0 Å². The average molecular weight is 482 g/mol. The number of carbonyl (C=O) groups excluding carboxylic acids is 1. The van der Waals surface area contributed by atoms with E-state index in [1.165, 1.54) is 23.0 Å². The number of halogens is 1. The summed E-state index contributed by atoms with van der Waals surface area (Å²) in [5.74, 6) is 0.371. The SMILES string of the molecule is O=C(NCCc1ccccc1F)c1ccc(-n2nc(SCc3ccccc3)sc2=S)cc1. The molecule has 0 spiro atoms. The third kappa shape index (κ3) is 5.70. The molecule has 162 valence electrons. The molecule has 0 aliphatic rings. The monoisotopic (exact) mass is 481 g/mol. The summed E-state index contributed by atoms with van der Waals surface area (Å²) in [6.07, 6.45) is 0.438. The first-order valence-corrected chi connectivity index (χ1v) is 12.2. The zero-order valence-electron chi connectivity index (χ0n) is 17.0. The number of benzene rings is 3. The van der Waals surface area contributed by atoms with Crippen LogP contribution in [0.2, 0.25) is 0 Å². The van der Waals surface area contributed by atoms with Gasteiger partial charge >= 0.3 is 0 Å². The van der Waals surface area contributed by atoms with Gasteiger partial charge in [-0.1, -0.05) is 71.6 Å². The lowest BCUT2D eigenvalue weighted by Gasteiger charge is -2.07. The maximum absolute atomic E-state index is 13.7. The van der Waals surface area contributed by atoms with Crippen molar-refractivity contribution in [1.29, 1.82) is 0 Å². The molecule has 4 aromatic rings. The van der Waals surface area contributed by atoms with E-state index in [1.54, 1.807) is 46.8 Å². The highest BCUT2D eigenvalue weighted by atomic mass is 32.2. The van der Waals surface area contributed by atoms with Crippen molar-refractivity contribution in [3.05, 3.63) is 105 Å². The highest BCUT2D eigenvalue weighted by Crippen LogP contribution is 2.27. The van der Waals surface area contributed by atoms with Crippen LogP contribution < -0.4 is 5.32 Å². The summed E-state index contributed by atoms with van der Waals surface area (Å²) in [6.45, 7) is 0.362. The van der Waals surface area contributed by atoms with E-state index in [2.05, 4.69) is 22.5 Å². The molecule has 0 atom stereocenters. The van der Waals surface area contributed by atoms with Gasteiger partial charge in [-0.15, -0.1) is 5.10 Å². The van der Waals surface area contributed by atoms with Crippen molar-refractivity contribution in [1.82, 2.24) is 15.1 Å². The summed E-state index contributed by atoms with van der Waals surface area (Å²) < 4.78 is 16.9. The van der Waals surface area contributed by atoms with E-state index in [4.69, 9.17) is 12.2 Å². The zero-order valence-corrected chi connectivity index (χ0v) is 19.5. The molecule has 0 fully saturated rings. The fraction of sp³-hybridized carbons (Fsp3) is 0.125. The van der Waals surface area contributed by atoms with Crippen molar-refractivity contribution in [2.24, 2.45) is 0 Å². The third-order valence-electron chi connectivity index (χ3n) is 4.75. The smallest absolute Gasteiger partial charge is 0.251 e. The second kappa shape index (κ2) is 10.7. The largest absolute Gasteiger partial charge is 0.352 e. The lowest BCUT2D eigenvalue weighted by Crippen LogP contribution is -2.25. The summed E-state index contributed by atoms with van der Waals surface area (Å²) in [5, 5.41) is 7.45. The first-order valence-electron chi connectivity index (χ1n) is 9.99. The van der Waals surface area contributed by atoms with Crippen LogP contribution in [0.25, 0.3) is 5.69 Å². The minimum atomic E-state index is -0.257. The Morgan fingerprint density at radius 3 is 2.50 bits per heavy atom. The van der Waals surface area contributed by atoms with Gasteiger partial charge in [-0.05, 0) is 60.1 Å². The normalized spacial score (nSPS) is 10.8. The van der Waals surface area contributed by atoms with Crippen LogP contribution in [0.3, 0.4) is 0 Å². The van der Waals surface area contributed by atoms with Crippen LogP contribution in [-0.2, 0) is 12.2 Å². The van der Waals surface area contributed by atoms with Crippen molar-refractivity contribution < 1.29 is 9.18 Å². The Bertz CT molecular complexity index is 1250. The lowest BCUT2D eigenvalue weighted by molar-refractivity contribution is 0.0954. The number of thioether (sulfide) groups is 1. The van der Waals surface area contributed by atoms with Gasteiger partial charge in [0.2, 0.25) is 0 Å². The Labute approximate surface area is 199 Å². The molecule has 0 aliphatic carbocycles. The summed E-state index contributed by atoms with van der Waals surface area (Å²) in [7, 11) is 0. The summed E-state index contributed by atoms with van der Waals surface area (Å²) >= 11 is 8.60. The molecule has 1 amide bonds. The van der Waals surface area contributed by atoms with Crippen LogP contribution >= 0.6 is 35.3 Å². The molecule has 0 saturated carbocycles. The molecule has 8 heteroatoms. The van der Waals surface area contributed by atoms with Crippen LogP contribution in [0.15, 0.2) is 83.2 Å². The molecule has 4 nitrogen and oxygen atoms in total. The fourth-order valence-corrected chi connectivity index (χ4v) is 5.39. The summed E-state index contributed by atoms with van der Waals surface area (Å²) in [5.41, 5.74) is 3.15. The van der Waals surface area contributed by atoms with E-state index in [9.17, 15) is 9.18 Å². The van der Waals surface area contributed by atoms with Crippen molar-refractivity contribution in [3.8, 4) is 5.69 Å². The van der Waals surface area contributed by atoms with Crippen molar-refractivity contribution in [2.75, 3.05) is 6.54 Å². The van der Waals surface area contributed by atoms with E-state index in [0.717, 1.165) is 15.8 Å². The van der Waals surface area contributed by atoms with Crippen LogP contribution in [0.1, 0.15) is 21.5 Å². The molecule has 3 aromatic carbocycles. The first-order chi connectivity index (χ1) is 15.6. The summed E-state index contributed by atoms with van der Waals surface area (Å²) in [4.78, 5) is 12.4. The zero-order chi connectivity index (χ0) is 22.3. The highest BCUT2D eigenvalue weighted by Gasteiger charge is 2.10. The van der Waals surface area contributed by atoms with E-state index in [1.807, 2.05) is 30.3 Å². The molecule has 0 radical (unpaired) electrons. The Kier molecular flexibility index (Phi) is 7.47. The van der Waals surface area contributed by atoms with Crippen LogP contribution in [-0.4, -0.2) is 22.2 Å². The molecule has 1 N–H and O–H groups in total. The Hall–Kier alpha value is -2.81. The summed E-state index contributed by atoms with van der Waals surface area (Å²) in [6, 6.07) is 23.9. The van der Waals surface area contributed by atoms with Gasteiger partial charge in [-0.3, -0.25) is 4.79 Å². The minimum absolute atomic E-state index is 0.200. The molecule has 0 unspecified atom stereocenters. The van der Waals surface area contributed by atoms with E-state index < -0.39 is 0 Å². The number of nitrogens with zero attached hydrogens (tertiary/aromatic N) is 2. The number of hydrogen-bond donors (Lipinski definition) is 1. The molecular weight excluding hydrogens is 461 g/mol. The van der Waals surface area contributed by atoms with Gasteiger partial charge in [0.25, 0.3) is 5.91 Å². The lowest BCUT2D eigenvalue weighted by atomic mass is 10.1. The number of rotatable bonds is 8. The topological polar surface area (TPSA) is 46.9 Å². The molecular formula is C24H20FN3OS3. The van der Waals surface area contributed by atoms with Gasteiger partial charge in [-0.2, -0.15) is 0 Å².